The van der Waals surface area contributed by atoms with E-state index in [2.05, 4.69) is 4.98 Å². The molecule has 94 valence electrons. The highest BCUT2D eigenvalue weighted by atomic mass is 19.4. The van der Waals surface area contributed by atoms with Crippen LogP contribution in [-0.4, -0.2) is 10.8 Å². The Morgan fingerprint density at radius 2 is 1.88 bits per heavy atom. The summed E-state index contributed by atoms with van der Waals surface area (Å²) < 4.78 is 37.3. The van der Waals surface area contributed by atoms with E-state index in [0.29, 0.717) is 0 Å². The molecule has 0 aliphatic heterocycles. The van der Waals surface area contributed by atoms with Crippen LogP contribution in [0.1, 0.15) is 32.0 Å². The molecule has 1 heterocycles. The summed E-state index contributed by atoms with van der Waals surface area (Å²) >= 11 is 0. The third kappa shape index (κ3) is 3.84. The highest BCUT2D eigenvalue weighted by molar-refractivity contribution is 5.85. The topological polar surface area (TPSA) is 30.0 Å². The maximum Gasteiger partial charge on any atom is 0.416 e. The Morgan fingerprint density at radius 3 is 2.35 bits per heavy atom. The fraction of sp³-hybridized carbons (Fsp3) is 0.500. The third-order valence-electron chi connectivity index (χ3n) is 2.32. The molecule has 5 heteroatoms. The van der Waals surface area contributed by atoms with Crippen molar-refractivity contribution in [2.45, 2.75) is 33.4 Å². The van der Waals surface area contributed by atoms with Crippen molar-refractivity contribution in [2.75, 3.05) is 0 Å². The molecule has 1 aromatic rings. The van der Waals surface area contributed by atoms with E-state index in [1.54, 1.807) is 20.8 Å². The van der Waals surface area contributed by atoms with Gasteiger partial charge >= 0.3 is 6.18 Å². The van der Waals surface area contributed by atoms with E-state index in [0.717, 1.165) is 18.3 Å². The molecule has 0 aromatic carbocycles. The lowest BCUT2D eigenvalue weighted by Crippen LogP contribution is -2.22. The Bertz CT molecular complexity index is 418. The number of pyridine rings is 1. The minimum Gasteiger partial charge on any atom is -0.299 e. The Morgan fingerprint density at radius 1 is 1.29 bits per heavy atom. The van der Waals surface area contributed by atoms with Gasteiger partial charge in [-0.15, -0.1) is 0 Å². The second-order valence-corrected chi connectivity index (χ2v) is 4.88. The molecule has 0 radical (unpaired) electrons. The van der Waals surface area contributed by atoms with Crippen molar-refractivity contribution >= 4 is 5.78 Å². The van der Waals surface area contributed by atoms with Gasteiger partial charge in [0.05, 0.1) is 5.56 Å². The lowest BCUT2D eigenvalue weighted by Gasteiger charge is -2.16. The molecule has 0 saturated heterocycles. The summed E-state index contributed by atoms with van der Waals surface area (Å²) in [5.41, 5.74) is -1.19. The van der Waals surface area contributed by atoms with Gasteiger partial charge in [-0.1, -0.05) is 20.8 Å². The molecule has 0 atom stereocenters. The number of rotatable bonds is 2. The second-order valence-electron chi connectivity index (χ2n) is 4.88. The molecule has 0 unspecified atom stereocenters. The van der Waals surface area contributed by atoms with Crippen molar-refractivity contribution in [1.82, 2.24) is 4.98 Å². The minimum atomic E-state index is -4.40. The van der Waals surface area contributed by atoms with Crippen molar-refractivity contribution in [3.63, 3.8) is 0 Å². The number of halogens is 3. The summed E-state index contributed by atoms with van der Waals surface area (Å²) in [6, 6.07) is 1.81. The Balaban J connectivity index is 2.91. The fourth-order valence-electron chi connectivity index (χ4n) is 1.18. The number of Topliss-reactive ketones (excluding diaryl/α,β-unsaturated/α-hetero) is 1. The fourth-order valence-corrected chi connectivity index (χ4v) is 1.18. The molecule has 0 spiro atoms. The predicted molar refractivity (Wildman–Crippen MR) is 57.4 cm³/mol. The highest BCUT2D eigenvalue weighted by Gasteiger charge is 2.31. The van der Waals surface area contributed by atoms with Crippen LogP contribution in [0.25, 0.3) is 0 Å². The van der Waals surface area contributed by atoms with Crippen molar-refractivity contribution in [2.24, 2.45) is 5.41 Å². The van der Waals surface area contributed by atoms with E-state index >= 15 is 0 Å². The number of carbonyl (C=O) groups is 1. The second kappa shape index (κ2) is 4.47. The average molecular weight is 245 g/mol. The first kappa shape index (κ1) is 13.7. The molecule has 2 nitrogen and oxygen atoms in total. The van der Waals surface area contributed by atoms with Gasteiger partial charge in [0, 0.05) is 23.7 Å². The van der Waals surface area contributed by atoms with Crippen LogP contribution in [0.3, 0.4) is 0 Å². The maximum atomic E-state index is 12.4. The van der Waals surface area contributed by atoms with Crippen LogP contribution in [0, 0.1) is 5.41 Å². The Labute approximate surface area is 97.9 Å². The van der Waals surface area contributed by atoms with Crippen molar-refractivity contribution in [3.05, 3.63) is 29.6 Å². The minimum absolute atomic E-state index is 0.0760. The van der Waals surface area contributed by atoms with Crippen LogP contribution in [0.2, 0.25) is 0 Å². The average Bonchev–Trinajstić information content (AvgIpc) is 2.15. The molecule has 0 N–H and O–H groups in total. The number of hydrogen-bond acceptors (Lipinski definition) is 2. The van der Waals surface area contributed by atoms with Gasteiger partial charge in [0.2, 0.25) is 0 Å². The van der Waals surface area contributed by atoms with Crippen molar-refractivity contribution in [1.29, 1.82) is 0 Å². The molecule has 1 aromatic heterocycles. The van der Waals surface area contributed by atoms with E-state index in [9.17, 15) is 18.0 Å². The number of carbonyl (C=O) groups excluding carboxylic acids is 1. The van der Waals surface area contributed by atoms with Gasteiger partial charge < -0.3 is 0 Å². The zero-order valence-electron chi connectivity index (χ0n) is 9.93. The Kier molecular flexibility index (Phi) is 3.59. The summed E-state index contributed by atoms with van der Waals surface area (Å²) in [5.74, 6) is -0.135. The van der Waals surface area contributed by atoms with Crippen molar-refractivity contribution < 1.29 is 18.0 Å². The van der Waals surface area contributed by atoms with Gasteiger partial charge in [0.1, 0.15) is 5.78 Å². The normalized spacial score (nSPS) is 12.6. The van der Waals surface area contributed by atoms with Gasteiger partial charge in [0.15, 0.2) is 0 Å². The van der Waals surface area contributed by atoms with Crippen LogP contribution in [0.4, 0.5) is 13.2 Å². The van der Waals surface area contributed by atoms with Crippen LogP contribution < -0.4 is 0 Å². The predicted octanol–water partition coefficient (Wildman–Crippen LogP) is 3.26. The van der Waals surface area contributed by atoms with Crippen LogP contribution in [0.15, 0.2) is 18.3 Å². The molecular weight excluding hydrogens is 231 g/mol. The maximum absolute atomic E-state index is 12.4. The standard InChI is InChI=1S/C12H14F3NO/c1-11(2,3)10(17)7-9-6-8(4-5-16-9)12(13,14)15/h4-6H,7H2,1-3H3. The Hall–Kier alpha value is -1.39. The number of hydrogen-bond donors (Lipinski definition) is 0. The van der Waals surface area contributed by atoms with E-state index in [1.165, 1.54) is 0 Å². The number of nitrogens with zero attached hydrogens (tertiary/aromatic N) is 1. The van der Waals surface area contributed by atoms with Gasteiger partial charge in [-0.05, 0) is 12.1 Å². The molecule has 1 rings (SSSR count). The van der Waals surface area contributed by atoms with E-state index < -0.39 is 17.2 Å². The molecule has 0 amide bonds. The summed E-state index contributed by atoms with van der Waals surface area (Å²) in [6.45, 7) is 5.18. The van der Waals surface area contributed by atoms with E-state index in [4.69, 9.17) is 0 Å². The molecule has 0 aliphatic rings. The lowest BCUT2D eigenvalue weighted by molar-refractivity contribution is -0.137. The molecule has 0 fully saturated rings. The monoisotopic (exact) mass is 245 g/mol. The van der Waals surface area contributed by atoms with Gasteiger partial charge in [-0.25, -0.2) is 0 Å². The molecule has 0 saturated carbocycles. The zero-order valence-corrected chi connectivity index (χ0v) is 9.93. The SMILES string of the molecule is CC(C)(C)C(=O)Cc1cc(C(F)(F)F)ccn1. The van der Waals surface area contributed by atoms with E-state index in [1.807, 2.05) is 0 Å². The first-order valence-corrected chi connectivity index (χ1v) is 5.16. The smallest absolute Gasteiger partial charge is 0.299 e. The zero-order chi connectivity index (χ0) is 13.3. The summed E-state index contributed by atoms with van der Waals surface area (Å²) in [4.78, 5) is 15.5. The summed E-state index contributed by atoms with van der Waals surface area (Å²) in [7, 11) is 0. The molecule has 0 aliphatic carbocycles. The quantitative estimate of drug-likeness (QED) is 0.800. The van der Waals surface area contributed by atoms with Gasteiger partial charge in [0.25, 0.3) is 0 Å². The highest BCUT2D eigenvalue weighted by Crippen LogP contribution is 2.29. The number of alkyl halides is 3. The number of aromatic nitrogens is 1. The number of ketones is 1. The van der Waals surface area contributed by atoms with Crippen LogP contribution in [-0.2, 0) is 17.4 Å². The summed E-state index contributed by atoms with van der Waals surface area (Å²) in [6.07, 6.45) is -3.40. The first-order chi connectivity index (χ1) is 7.60. The van der Waals surface area contributed by atoms with Crippen LogP contribution >= 0.6 is 0 Å². The van der Waals surface area contributed by atoms with Gasteiger partial charge in [-0.2, -0.15) is 13.2 Å². The molecular formula is C12H14F3NO. The third-order valence-corrected chi connectivity index (χ3v) is 2.32. The lowest BCUT2D eigenvalue weighted by atomic mass is 9.88. The molecule has 17 heavy (non-hydrogen) atoms. The van der Waals surface area contributed by atoms with Crippen molar-refractivity contribution in [3.8, 4) is 0 Å². The van der Waals surface area contributed by atoms with Crippen LogP contribution in [0.5, 0.6) is 0 Å². The van der Waals surface area contributed by atoms with Gasteiger partial charge in [-0.3, -0.25) is 9.78 Å². The van der Waals surface area contributed by atoms with E-state index in [-0.39, 0.29) is 17.9 Å². The first-order valence-electron chi connectivity index (χ1n) is 5.16. The largest absolute Gasteiger partial charge is 0.416 e. The summed E-state index contributed by atoms with van der Waals surface area (Å²) in [5, 5.41) is 0. The molecule has 0 bridgehead atoms.